The maximum Gasteiger partial charge on any atom is 0.129 e. The molecule has 0 aromatic heterocycles. The van der Waals surface area contributed by atoms with Crippen molar-refractivity contribution in [3.63, 3.8) is 0 Å². The Hall–Kier alpha value is -1.26. The van der Waals surface area contributed by atoms with E-state index in [0.29, 0.717) is 22.0 Å². The van der Waals surface area contributed by atoms with Crippen molar-refractivity contribution in [2.75, 3.05) is 6.54 Å². The minimum Gasteiger partial charge on any atom is -0.310 e. The molecular weight excluding hydrogens is 336 g/mol. The number of hydrogen-bond donors (Lipinski definition) is 1. The fourth-order valence-corrected chi connectivity index (χ4v) is 2.94. The van der Waals surface area contributed by atoms with Gasteiger partial charge in [-0.15, -0.1) is 0 Å². The highest BCUT2D eigenvalue weighted by Crippen LogP contribution is 2.29. The molecule has 0 bridgehead atoms. The van der Waals surface area contributed by atoms with Crippen LogP contribution in [-0.2, 0) is 6.42 Å². The van der Waals surface area contributed by atoms with Crippen molar-refractivity contribution in [2.45, 2.75) is 25.8 Å². The van der Waals surface area contributed by atoms with Crippen LogP contribution in [0.5, 0.6) is 0 Å². The first-order valence-electron chi connectivity index (χ1n) is 7.04. The second kappa shape index (κ2) is 7.66. The predicted molar refractivity (Wildman–Crippen MR) is 85.2 cm³/mol. The zero-order valence-electron chi connectivity index (χ0n) is 11.9. The van der Waals surface area contributed by atoms with Crippen molar-refractivity contribution in [3.8, 4) is 0 Å². The van der Waals surface area contributed by atoms with Crippen LogP contribution >= 0.6 is 15.9 Å². The first-order valence-corrected chi connectivity index (χ1v) is 7.83. The van der Waals surface area contributed by atoms with E-state index in [1.807, 2.05) is 6.92 Å². The van der Waals surface area contributed by atoms with Crippen molar-refractivity contribution < 1.29 is 8.78 Å². The van der Waals surface area contributed by atoms with Gasteiger partial charge in [-0.25, -0.2) is 8.78 Å². The second-order valence-corrected chi connectivity index (χ2v) is 5.79. The maximum atomic E-state index is 14.2. The molecule has 2 aromatic carbocycles. The van der Waals surface area contributed by atoms with E-state index in [0.717, 1.165) is 13.0 Å². The number of hydrogen-bond acceptors (Lipinski definition) is 1. The molecule has 0 radical (unpaired) electrons. The van der Waals surface area contributed by atoms with Crippen LogP contribution < -0.4 is 5.32 Å². The summed E-state index contributed by atoms with van der Waals surface area (Å²) in [6.45, 7) is 2.80. The second-order valence-electron chi connectivity index (χ2n) is 4.94. The summed E-state index contributed by atoms with van der Waals surface area (Å²) < 4.78 is 28.7. The highest BCUT2D eigenvalue weighted by molar-refractivity contribution is 9.10. The van der Waals surface area contributed by atoms with E-state index >= 15 is 0 Å². The Kier molecular flexibility index (Phi) is 5.88. The van der Waals surface area contributed by atoms with Gasteiger partial charge in [-0.1, -0.05) is 47.1 Å². The van der Waals surface area contributed by atoms with Crippen molar-refractivity contribution in [2.24, 2.45) is 0 Å². The Morgan fingerprint density at radius 2 is 1.76 bits per heavy atom. The smallest absolute Gasteiger partial charge is 0.129 e. The van der Waals surface area contributed by atoms with E-state index in [-0.39, 0.29) is 17.7 Å². The molecule has 112 valence electrons. The van der Waals surface area contributed by atoms with Gasteiger partial charge in [-0.05, 0) is 43.1 Å². The third-order valence-corrected chi connectivity index (χ3v) is 4.06. The zero-order valence-corrected chi connectivity index (χ0v) is 13.5. The van der Waals surface area contributed by atoms with E-state index in [9.17, 15) is 8.78 Å². The minimum atomic E-state index is -0.283. The van der Waals surface area contributed by atoms with Gasteiger partial charge in [0.2, 0.25) is 0 Å². The highest BCUT2D eigenvalue weighted by atomic mass is 79.9. The first kappa shape index (κ1) is 16.1. The Bertz CT molecular complexity index is 581. The lowest BCUT2D eigenvalue weighted by atomic mass is 9.98. The van der Waals surface area contributed by atoms with Crippen molar-refractivity contribution >= 4 is 15.9 Å². The van der Waals surface area contributed by atoms with Crippen molar-refractivity contribution in [1.82, 2.24) is 5.32 Å². The van der Waals surface area contributed by atoms with Gasteiger partial charge in [0.05, 0.1) is 0 Å². The van der Waals surface area contributed by atoms with Crippen LogP contribution in [0.3, 0.4) is 0 Å². The van der Waals surface area contributed by atoms with Crippen LogP contribution in [0.2, 0.25) is 0 Å². The van der Waals surface area contributed by atoms with E-state index in [4.69, 9.17) is 0 Å². The summed E-state index contributed by atoms with van der Waals surface area (Å²) in [5.74, 6) is -0.539. The molecule has 1 atom stereocenters. The van der Waals surface area contributed by atoms with Crippen LogP contribution in [0.1, 0.15) is 30.5 Å². The summed E-state index contributed by atoms with van der Waals surface area (Å²) in [4.78, 5) is 0. The van der Waals surface area contributed by atoms with Gasteiger partial charge in [-0.3, -0.25) is 0 Å². The summed E-state index contributed by atoms with van der Waals surface area (Å²) in [6, 6.07) is 11.3. The van der Waals surface area contributed by atoms with Gasteiger partial charge in [0, 0.05) is 16.1 Å². The van der Waals surface area contributed by atoms with Crippen LogP contribution in [0, 0.1) is 11.6 Å². The third kappa shape index (κ3) is 4.11. The van der Waals surface area contributed by atoms with Crippen LogP contribution in [0.15, 0.2) is 46.9 Å². The monoisotopic (exact) mass is 353 g/mol. The Balaban J connectivity index is 2.32. The normalized spacial score (nSPS) is 12.4. The van der Waals surface area contributed by atoms with Crippen LogP contribution in [0.4, 0.5) is 8.78 Å². The van der Waals surface area contributed by atoms with Gasteiger partial charge in [0.25, 0.3) is 0 Å². The summed E-state index contributed by atoms with van der Waals surface area (Å²) in [5.41, 5.74) is 1.13. The van der Waals surface area contributed by atoms with E-state index < -0.39 is 0 Å². The first-order chi connectivity index (χ1) is 10.1. The lowest BCUT2D eigenvalue weighted by Crippen LogP contribution is -2.25. The molecule has 2 rings (SSSR count). The molecule has 4 heteroatoms. The van der Waals surface area contributed by atoms with Gasteiger partial charge >= 0.3 is 0 Å². The Morgan fingerprint density at radius 3 is 2.43 bits per heavy atom. The molecule has 2 aromatic rings. The minimum absolute atomic E-state index is 0.256. The highest BCUT2D eigenvalue weighted by Gasteiger charge is 2.19. The van der Waals surface area contributed by atoms with E-state index in [1.54, 1.807) is 30.3 Å². The lowest BCUT2D eigenvalue weighted by molar-refractivity contribution is 0.485. The molecule has 0 saturated carbocycles. The molecule has 0 heterocycles. The molecule has 1 nitrogen and oxygen atoms in total. The molecule has 0 amide bonds. The van der Waals surface area contributed by atoms with Crippen LogP contribution in [0.25, 0.3) is 0 Å². The van der Waals surface area contributed by atoms with Gasteiger partial charge in [0.15, 0.2) is 0 Å². The molecule has 0 aliphatic rings. The van der Waals surface area contributed by atoms with E-state index in [1.165, 1.54) is 12.1 Å². The SMILES string of the molecule is CCCNC(Cc1ccccc1F)c1c(F)cccc1Br. The molecule has 0 aliphatic carbocycles. The summed E-state index contributed by atoms with van der Waals surface area (Å²) in [6.07, 6.45) is 1.34. The van der Waals surface area contributed by atoms with E-state index in [2.05, 4.69) is 21.2 Å². The summed E-state index contributed by atoms with van der Waals surface area (Å²) in [7, 11) is 0. The molecule has 21 heavy (non-hydrogen) atoms. The number of nitrogens with one attached hydrogen (secondary N) is 1. The topological polar surface area (TPSA) is 12.0 Å². The quantitative estimate of drug-likeness (QED) is 0.769. The van der Waals surface area contributed by atoms with Crippen molar-refractivity contribution in [3.05, 3.63) is 69.7 Å². The number of rotatable bonds is 6. The molecule has 0 spiro atoms. The van der Waals surface area contributed by atoms with Gasteiger partial charge in [0.1, 0.15) is 11.6 Å². The zero-order chi connectivity index (χ0) is 15.2. The molecule has 0 fully saturated rings. The summed E-state index contributed by atoms with van der Waals surface area (Å²) in [5, 5.41) is 3.31. The molecule has 1 N–H and O–H groups in total. The van der Waals surface area contributed by atoms with Gasteiger partial charge < -0.3 is 5.32 Å². The Morgan fingerprint density at radius 1 is 1.05 bits per heavy atom. The molecule has 0 saturated heterocycles. The average Bonchev–Trinajstić information content (AvgIpc) is 2.46. The number of halogens is 3. The average molecular weight is 354 g/mol. The summed E-state index contributed by atoms with van der Waals surface area (Å²) >= 11 is 3.40. The predicted octanol–water partition coefficient (Wildman–Crippen LogP) is 5.01. The standard InChI is InChI=1S/C17H18BrF2N/c1-2-10-21-16(11-12-6-3-4-8-14(12)19)17-13(18)7-5-9-15(17)20/h3-9,16,21H,2,10-11H2,1H3. The third-order valence-electron chi connectivity index (χ3n) is 3.37. The lowest BCUT2D eigenvalue weighted by Gasteiger charge is -2.21. The molecular formula is C17H18BrF2N. The fraction of sp³-hybridized carbons (Fsp3) is 0.294. The molecule has 0 aliphatic heterocycles. The van der Waals surface area contributed by atoms with Crippen LogP contribution in [-0.4, -0.2) is 6.54 Å². The maximum absolute atomic E-state index is 14.2. The van der Waals surface area contributed by atoms with Crippen molar-refractivity contribution in [1.29, 1.82) is 0 Å². The largest absolute Gasteiger partial charge is 0.310 e. The fourth-order valence-electron chi connectivity index (χ4n) is 2.32. The molecule has 1 unspecified atom stereocenters. The Labute approximate surface area is 132 Å². The number of benzene rings is 2. The van der Waals surface area contributed by atoms with Gasteiger partial charge in [-0.2, -0.15) is 0 Å².